The molecule has 0 bridgehead atoms. The smallest absolute Gasteiger partial charge is 0.143 e. The lowest BCUT2D eigenvalue weighted by Gasteiger charge is -2.26. The van der Waals surface area contributed by atoms with Crippen LogP contribution in [0.5, 0.6) is 0 Å². The summed E-state index contributed by atoms with van der Waals surface area (Å²) in [6, 6.07) is 15.8. The van der Waals surface area contributed by atoms with Crippen LogP contribution in [0.1, 0.15) is 35.4 Å². The van der Waals surface area contributed by atoms with Crippen molar-refractivity contribution in [2.45, 2.75) is 32.5 Å². The fourth-order valence-corrected chi connectivity index (χ4v) is 3.72. The summed E-state index contributed by atoms with van der Waals surface area (Å²) >= 11 is 0. The van der Waals surface area contributed by atoms with E-state index in [2.05, 4.69) is 60.2 Å². The molecule has 0 radical (unpaired) electrons. The summed E-state index contributed by atoms with van der Waals surface area (Å²) in [4.78, 5) is 4.60. The van der Waals surface area contributed by atoms with Crippen LogP contribution < -0.4 is 0 Å². The molecule has 146 valence electrons. The molecule has 1 aliphatic heterocycles. The first kappa shape index (κ1) is 18.8. The highest BCUT2D eigenvalue weighted by Crippen LogP contribution is 2.31. The Labute approximate surface area is 165 Å². The molecule has 0 saturated heterocycles. The van der Waals surface area contributed by atoms with E-state index in [1.165, 1.54) is 23.3 Å². The van der Waals surface area contributed by atoms with Crippen LogP contribution in [0.4, 0.5) is 4.39 Å². The number of aromatic nitrogens is 1. The van der Waals surface area contributed by atoms with Gasteiger partial charge in [0.1, 0.15) is 17.3 Å². The van der Waals surface area contributed by atoms with E-state index in [0.29, 0.717) is 6.04 Å². The summed E-state index contributed by atoms with van der Waals surface area (Å²) in [5, 5.41) is 4.23. The molecule has 1 aromatic heterocycles. The minimum Gasteiger partial charge on any atom is -0.360 e. The Morgan fingerprint density at radius 2 is 1.96 bits per heavy atom. The number of hydrogen-bond donors (Lipinski definition) is 0. The lowest BCUT2D eigenvalue weighted by atomic mass is 10.0. The Morgan fingerprint density at radius 1 is 1.18 bits per heavy atom. The van der Waals surface area contributed by atoms with Crippen molar-refractivity contribution in [2.75, 3.05) is 20.6 Å². The van der Waals surface area contributed by atoms with Gasteiger partial charge in [0.05, 0.1) is 0 Å². The predicted octanol–water partition coefficient (Wildman–Crippen LogP) is 4.66. The van der Waals surface area contributed by atoms with Crippen molar-refractivity contribution < 1.29 is 8.91 Å². The third kappa shape index (κ3) is 3.86. The van der Waals surface area contributed by atoms with Crippen molar-refractivity contribution in [1.29, 1.82) is 0 Å². The lowest BCUT2D eigenvalue weighted by Crippen LogP contribution is -2.29. The van der Waals surface area contributed by atoms with Gasteiger partial charge in [0.25, 0.3) is 0 Å². The number of rotatable bonds is 5. The van der Waals surface area contributed by atoms with Gasteiger partial charge in [-0.1, -0.05) is 41.6 Å². The van der Waals surface area contributed by atoms with Crippen LogP contribution in [-0.4, -0.2) is 35.6 Å². The molecule has 0 unspecified atom stereocenters. The maximum Gasteiger partial charge on any atom is 0.143 e. The second-order valence-electron chi connectivity index (χ2n) is 7.79. The van der Waals surface area contributed by atoms with Crippen molar-refractivity contribution in [3.8, 4) is 11.3 Å². The quantitative estimate of drug-likeness (QED) is 0.645. The second-order valence-corrected chi connectivity index (χ2v) is 7.79. The minimum absolute atomic E-state index is 0.256. The normalized spacial score (nSPS) is 15.6. The summed E-state index contributed by atoms with van der Waals surface area (Å²) in [6.07, 6.45) is 0.827. The third-order valence-corrected chi connectivity index (χ3v) is 5.65. The van der Waals surface area contributed by atoms with Crippen LogP contribution in [0.15, 0.2) is 53.1 Å². The van der Waals surface area contributed by atoms with E-state index in [4.69, 9.17) is 4.52 Å². The minimum atomic E-state index is -0.256. The summed E-state index contributed by atoms with van der Waals surface area (Å²) < 4.78 is 19.2. The van der Waals surface area contributed by atoms with E-state index < -0.39 is 0 Å². The lowest BCUT2D eigenvalue weighted by molar-refractivity contribution is 0.228. The summed E-state index contributed by atoms with van der Waals surface area (Å²) in [6.45, 7) is 4.78. The van der Waals surface area contributed by atoms with Crippen LogP contribution >= 0.6 is 0 Å². The largest absolute Gasteiger partial charge is 0.360 e. The first-order valence-electron chi connectivity index (χ1n) is 9.72. The number of halogens is 1. The zero-order chi connectivity index (χ0) is 19.7. The fourth-order valence-electron chi connectivity index (χ4n) is 3.72. The third-order valence-electron chi connectivity index (χ3n) is 5.65. The summed E-state index contributed by atoms with van der Waals surface area (Å²) in [5.41, 5.74) is 5.22. The number of nitrogens with zero attached hydrogens (tertiary/aromatic N) is 3. The first-order valence-corrected chi connectivity index (χ1v) is 9.72. The van der Waals surface area contributed by atoms with Gasteiger partial charge in [-0.15, -0.1) is 0 Å². The van der Waals surface area contributed by atoms with Gasteiger partial charge in [0, 0.05) is 43.2 Å². The van der Waals surface area contributed by atoms with E-state index in [1.54, 1.807) is 6.07 Å². The highest BCUT2D eigenvalue weighted by molar-refractivity contribution is 5.63. The van der Waals surface area contributed by atoms with Crippen molar-refractivity contribution in [3.63, 3.8) is 0 Å². The van der Waals surface area contributed by atoms with Gasteiger partial charge in [-0.05, 0) is 44.3 Å². The molecule has 0 spiro atoms. The molecule has 0 N–H and O–H groups in total. The molecule has 0 fully saturated rings. The van der Waals surface area contributed by atoms with Gasteiger partial charge in [0.2, 0.25) is 0 Å². The molecule has 0 amide bonds. The maximum absolute atomic E-state index is 13.6. The molecule has 1 aliphatic rings. The molecule has 3 aromatic rings. The van der Waals surface area contributed by atoms with Crippen molar-refractivity contribution in [1.82, 2.24) is 15.0 Å². The van der Waals surface area contributed by atoms with Crippen LogP contribution in [0.25, 0.3) is 11.3 Å². The van der Waals surface area contributed by atoms with Gasteiger partial charge in [-0.2, -0.15) is 0 Å². The van der Waals surface area contributed by atoms with E-state index in [0.717, 1.165) is 48.6 Å². The average molecular weight is 379 g/mol. The Bertz CT molecular complexity index is 949. The molecule has 28 heavy (non-hydrogen) atoms. The molecule has 0 saturated carbocycles. The molecule has 5 heteroatoms. The number of fused-ring (bicyclic) bond motifs is 1. The first-order chi connectivity index (χ1) is 13.5. The van der Waals surface area contributed by atoms with Gasteiger partial charge >= 0.3 is 0 Å². The highest BCUT2D eigenvalue weighted by atomic mass is 19.1. The van der Waals surface area contributed by atoms with Crippen LogP contribution in [0, 0.1) is 5.82 Å². The molecular weight excluding hydrogens is 353 g/mol. The van der Waals surface area contributed by atoms with Crippen LogP contribution in [0.2, 0.25) is 0 Å². The highest BCUT2D eigenvalue weighted by Gasteiger charge is 2.25. The Kier molecular flexibility index (Phi) is 5.29. The van der Waals surface area contributed by atoms with Crippen molar-refractivity contribution in [3.05, 3.63) is 76.8 Å². The molecule has 4 nitrogen and oxygen atoms in total. The van der Waals surface area contributed by atoms with Crippen molar-refractivity contribution >= 4 is 0 Å². The zero-order valence-corrected chi connectivity index (χ0v) is 16.7. The maximum atomic E-state index is 13.6. The van der Waals surface area contributed by atoms with E-state index >= 15 is 0 Å². The monoisotopic (exact) mass is 379 g/mol. The van der Waals surface area contributed by atoms with Crippen LogP contribution in [-0.2, 0) is 19.5 Å². The topological polar surface area (TPSA) is 32.5 Å². The summed E-state index contributed by atoms with van der Waals surface area (Å²) in [7, 11) is 4.19. The van der Waals surface area contributed by atoms with Gasteiger partial charge in [0.15, 0.2) is 0 Å². The molecular formula is C23H26FN3O. The number of hydrogen-bond acceptors (Lipinski definition) is 4. The van der Waals surface area contributed by atoms with Gasteiger partial charge in [-0.3, -0.25) is 4.90 Å². The Morgan fingerprint density at radius 3 is 2.68 bits per heavy atom. The summed E-state index contributed by atoms with van der Waals surface area (Å²) in [5.74, 6) is 0.666. The van der Waals surface area contributed by atoms with E-state index in [9.17, 15) is 4.39 Å². The van der Waals surface area contributed by atoms with E-state index in [1.807, 2.05) is 6.07 Å². The molecule has 2 aromatic carbocycles. The second kappa shape index (κ2) is 7.86. The van der Waals surface area contributed by atoms with Gasteiger partial charge in [-0.25, -0.2) is 4.39 Å². The molecule has 1 atom stereocenters. The number of benzene rings is 2. The van der Waals surface area contributed by atoms with Crippen LogP contribution in [0.3, 0.4) is 0 Å². The van der Waals surface area contributed by atoms with E-state index in [-0.39, 0.29) is 5.82 Å². The Balaban J connectivity index is 1.49. The molecule has 0 aliphatic carbocycles. The average Bonchev–Trinajstić information content (AvgIpc) is 3.11. The zero-order valence-electron chi connectivity index (χ0n) is 16.7. The van der Waals surface area contributed by atoms with Crippen molar-refractivity contribution in [2.24, 2.45) is 0 Å². The standard InChI is InChI=1S/C23H26FN3O/c1-16(26(2)3)18-9-7-17(8-10-18)14-27-12-11-22-21(15-27)23(25-28-22)19-5-4-6-20(24)13-19/h4-10,13,16H,11-12,14-15H2,1-3H3/t16-/m0/s1. The molecule has 2 heterocycles. The fraction of sp³-hybridized carbons (Fsp3) is 0.348. The SMILES string of the molecule is C[C@@H](c1ccc(CN2CCc3onc(-c4cccc(F)c4)c3C2)cc1)N(C)C. The Hall–Kier alpha value is -2.50. The van der Waals surface area contributed by atoms with Gasteiger partial charge < -0.3 is 9.42 Å². The molecule has 4 rings (SSSR count). The predicted molar refractivity (Wildman–Crippen MR) is 108 cm³/mol.